The molecule has 1 saturated carbocycles. The highest BCUT2D eigenvalue weighted by Gasteiger charge is 2.60. The maximum absolute atomic E-state index is 6.15. The number of hydrogen-bond acceptors (Lipinski definition) is 1. The molecular formula is C15H19Cl2N. The fourth-order valence-corrected chi connectivity index (χ4v) is 3.79. The van der Waals surface area contributed by atoms with E-state index in [0.29, 0.717) is 15.5 Å². The predicted octanol–water partition coefficient (Wildman–Crippen LogP) is 4.22. The summed E-state index contributed by atoms with van der Waals surface area (Å²) in [5.41, 5.74) is 1.76. The van der Waals surface area contributed by atoms with Crippen LogP contribution in [0.5, 0.6) is 0 Å². The van der Waals surface area contributed by atoms with E-state index in [-0.39, 0.29) is 0 Å². The zero-order valence-corrected chi connectivity index (χ0v) is 12.4. The Morgan fingerprint density at radius 2 is 2.11 bits per heavy atom. The molecule has 1 aliphatic carbocycles. The lowest BCUT2D eigenvalue weighted by atomic mass is 9.95. The van der Waals surface area contributed by atoms with Crippen molar-refractivity contribution in [2.45, 2.75) is 25.7 Å². The Morgan fingerprint density at radius 3 is 2.78 bits per heavy atom. The Kier molecular flexibility index (Phi) is 3.12. The van der Waals surface area contributed by atoms with Gasteiger partial charge in [-0.15, -0.1) is 0 Å². The summed E-state index contributed by atoms with van der Waals surface area (Å²) in [5.74, 6) is 1.57. The van der Waals surface area contributed by atoms with Crippen LogP contribution in [0.4, 0.5) is 0 Å². The van der Waals surface area contributed by atoms with E-state index < -0.39 is 0 Å². The van der Waals surface area contributed by atoms with Crippen LogP contribution in [0.15, 0.2) is 18.2 Å². The molecule has 0 N–H and O–H groups in total. The first-order chi connectivity index (χ1) is 8.51. The number of nitrogens with zero attached hydrogens (tertiary/aromatic N) is 1. The number of rotatable bonds is 3. The van der Waals surface area contributed by atoms with Crippen molar-refractivity contribution in [2.24, 2.45) is 11.8 Å². The Balaban J connectivity index is 1.79. The second-order valence-electron chi connectivity index (χ2n) is 6.27. The topological polar surface area (TPSA) is 3.24 Å². The zero-order valence-electron chi connectivity index (χ0n) is 10.9. The molecule has 0 spiro atoms. The first-order valence-corrected chi connectivity index (χ1v) is 7.45. The van der Waals surface area contributed by atoms with Gasteiger partial charge in [-0.2, -0.15) is 0 Å². The molecule has 3 heteroatoms. The number of fused-ring (bicyclic) bond motifs is 1. The van der Waals surface area contributed by atoms with Gasteiger partial charge in [0.1, 0.15) is 0 Å². The molecule has 1 aliphatic heterocycles. The van der Waals surface area contributed by atoms with Gasteiger partial charge in [-0.25, -0.2) is 0 Å². The van der Waals surface area contributed by atoms with Crippen molar-refractivity contribution in [3.63, 3.8) is 0 Å². The summed E-state index contributed by atoms with van der Waals surface area (Å²) in [7, 11) is 0. The summed E-state index contributed by atoms with van der Waals surface area (Å²) in [5, 5.41) is 1.35. The Morgan fingerprint density at radius 1 is 1.33 bits per heavy atom. The fraction of sp³-hybridized carbons (Fsp3) is 0.600. The highest BCUT2D eigenvalue weighted by Crippen LogP contribution is 2.59. The molecule has 2 atom stereocenters. The molecule has 1 aromatic rings. The van der Waals surface area contributed by atoms with Crippen LogP contribution in [0.1, 0.15) is 25.8 Å². The number of benzene rings is 1. The summed E-state index contributed by atoms with van der Waals surface area (Å²) >= 11 is 12.1. The van der Waals surface area contributed by atoms with Crippen LogP contribution in [0.3, 0.4) is 0 Å². The minimum Gasteiger partial charge on any atom is -0.302 e. The first kappa shape index (κ1) is 12.8. The SMILES string of the molecule is CC(C)CN1CC2C[C@@]2(c2ccc(Cl)c(Cl)c2)C1. The van der Waals surface area contributed by atoms with E-state index in [1.807, 2.05) is 6.07 Å². The molecular weight excluding hydrogens is 265 g/mol. The minimum absolute atomic E-state index is 0.378. The van der Waals surface area contributed by atoms with Crippen LogP contribution in [-0.2, 0) is 5.41 Å². The van der Waals surface area contributed by atoms with Gasteiger partial charge in [0.15, 0.2) is 0 Å². The largest absolute Gasteiger partial charge is 0.302 e. The monoisotopic (exact) mass is 283 g/mol. The summed E-state index contributed by atoms with van der Waals surface area (Å²) in [6.07, 6.45) is 1.32. The van der Waals surface area contributed by atoms with Crippen molar-refractivity contribution in [3.05, 3.63) is 33.8 Å². The van der Waals surface area contributed by atoms with E-state index in [1.54, 1.807) is 0 Å². The average Bonchev–Trinajstić information content (AvgIpc) is 2.86. The number of hydrogen-bond donors (Lipinski definition) is 0. The second-order valence-corrected chi connectivity index (χ2v) is 7.09. The number of halogens is 2. The number of likely N-dealkylation sites (tertiary alicyclic amines) is 1. The molecule has 2 fully saturated rings. The van der Waals surface area contributed by atoms with Crippen LogP contribution in [0.25, 0.3) is 0 Å². The van der Waals surface area contributed by atoms with Gasteiger partial charge in [-0.1, -0.05) is 43.1 Å². The van der Waals surface area contributed by atoms with Gasteiger partial charge in [-0.3, -0.25) is 0 Å². The maximum Gasteiger partial charge on any atom is 0.0595 e. The van der Waals surface area contributed by atoms with Gasteiger partial charge in [0.2, 0.25) is 0 Å². The smallest absolute Gasteiger partial charge is 0.0595 e. The Hall–Kier alpha value is -0.240. The van der Waals surface area contributed by atoms with Crippen LogP contribution in [0.2, 0.25) is 10.0 Å². The molecule has 0 bridgehead atoms. The van der Waals surface area contributed by atoms with Gasteiger partial charge < -0.3 is 4.90 Å². The van der Waals surface area contributed by atoms with Gasteiger partial charge in [0, 0.05) is 25.0 Å². The van der Waals surface area contributed by atoms with E-state index in [4.69, 9.17) is 23.2 Å². The van der Waals surface area contributed by atoms with Crippen LogP contribution in [-0.4, -0.2) is 24.5 Å². The summed E-state index contributed by atoms with van der Waals surface area (Å²) in [6.45, 7) is 8.22. The summed E-state index contributed by atoms with van der Waals surface area (Å²) in [6, 6.07) is 6.17. The second kappa shape index (κ2) is 4.40. The van der Waals surface area contributed by atoms with Gasteiger partial charge in [-0.05, 0) is 36.0 Å². The Bertz CT molecular complexity index is 472. The van der Waals surface area contributed by atoms with Crippen molar-refractivity contribution in [1.82, 2.24) is 4.90 Å². The minimum atomic E-state index is 0.378. The van der Waals surface area contributed by atoms with Crippen molar-refractivity contribution in [2.75, 3.05) is 19.6 Å². The lowest BCUT2D eigenvalue weighted by Crippen LogP contribution is -2.29. The van der Waals surface area contributed by atoms with Crippen molar-refractivity contribution >= 4 is 23.2 Å². The molecule has 1 unspecified atom stereocenters. The molecule has 1 nitrogen and oxygen atoms in total. The Labute approximate surface area is 119 Å². The lowest BCUT2D eigenvalue weighted by molar-refractivity contribution is 0.265. The van der Waals surface area contributed by atoms with E-state index in [1.165, 1.54) is 31.6 Å². The highest BCUT2D eigenvalue weighted by atomic mass is 35.5. The molecule has 0 radical (unpaired) electrons. The zero-order chi connectivity index (χ0) is 12.9. The quantitative estimate of drug-likeness (QED) is 0.803. The highest BCUT2D eigenvalue weighted by molar-refractivity contribution is 6.42. The predicted molar refractivity (Wildman–Crippen MR) is 77.5 cm³/mol. The molecule has 0 amide bonds. The third-order valence-electron chi connectivity index (χ3n) is 4.33. The van der Waals surface area contributed by atoms with Gasteiger partial charge >= 0.3 is 0 Å². The molecule has 1 saturated heterocycles. The van der Waals surface area contributed by atoms with Gasteiger partial charge in [0.05, 0.1) is 10.0 Å². The number of piperidine rings is 1. The standard InChI is InChI=1S/C15H19Cl2N/c1-10(2)7-18-8-12-6-15(12,9-18)11-3-4-13(16)14(17)5-11/h3-5,10,12H,6-9H2,1-2H3/t12?,15-/m0/s1. The van der Waals surface area contributed by atoms with Crippen LogP contribution < -0.4 is 0 Å². The van der Waals surface area contributed by atoms with Crippen molar-refractivity contribution in [3.8, 4) is 0 Å². The normalized spacial score (nSPS) is 30.8. The maximum atomic E-state index is 6.15. The molecule has 3 rings (SSSR count). The van der Waals surface area contributed by atoms with Crippen LogP contribution >= 0.6 is 23.2 Å². The average molecular weight is 284 g/mol. The van der Waals surface area contributed by atoms with Crippen molar-refractivity contribution < 1.29 is 0 Å². The van der Waals surface area contributed by atoms with E-state index in [9.17, 15) is 0 Å². The van der Waals surface area contributed by atoms with Gasteiger partial charge in [0.25, 0.3) is 0 Å². The molecule has 98 valence electrons. The lowest BCUT2D eigenvalue weighted by Gasteiger charge is -2.22. The summed E-state index contributed by atoms with van der Waals surface area (Å²) in [4.78, 5) is 2.60. The molecule has 1 aromatic carbocycles. The van der Waals surface area contributed by atoms with E-state index in [0.717, 1.165) is 11.8 Å². The first-order valence-electron chi connectivity index (χ1n) is 6.69. The molecule has 1 heterocycles. The summed E-state index contributed by atoms with van der Waals surface area (Å²) < 4.78 is 0. The molecule has 2 aliphatic rings. The third-order valence-corrected chi connectivity index (χ3v) is 5.07. The molecule has 18 heavy (non-hydrogen) atoms. The fourth-order valence-electron chi connectivity index (χ4n) is 3.50. The van der Waals surface area contributed by atoms with E-state index in [2.05, 4.69) is 30.9 Å². The third kappa shape index (κ3) is 2.07. The van der Waals surface area contributed by atoms with Crippen molar-refractivity contribution in [1.29, 1.82) is 0 Å². The molecule has 0 aromatic heterocycles. The van der Waals surface area contributed by atoms with E-state index >= 15 is 0 Å². The van der Waals surface area contributed by atoms with Crippen LogP contribution in [0, 0.1) is 11.8 Å².